The van der Waals surface area contributed by atoms with Crippen molar-refractivity contribution in [2.75, 3.05) is 31.2 Å². The van der Waals surface area contributed by atoms with Crippen molar-refractivity contribution in [3.8, 4) is 28.6 Å². The topological polar surface area (TPSA) is 107 Å². The number of nitrogens with zero attached hydrogens (tertiary/aromatic N) is 8. The summed E-state index contributed by atoms with van der Waals surface area (Å²) in [5, 5.41) is 14.5. The van der Waals surface area contributed by atoms with Crippen molar-refractivity contribution in [2.24, 2.45) is 0 Å². The van der Waals surface area contributed by atoms with E-state index in [2.05, 4.69) is 26.5 Å². The highest BCUT2D eigenvalue weighted by molar-refractivity contribution is 5.88. The number of aromatic nitrogens is 7. The predicted octanol–water partition coefficient (Wildman–Crippen LogP) is 3.09. The summed E-state index contributed by atoms with van der Waals surface area (Å²) in [6, 6.07) is 15.7. The lowest BCUT2D eigenvalue weighted by molar-refractivity contribution is 0.122. The molecule has 5 aromatic rings. The number of ether oxygens (including phenoxy) is 1. The largest absolute Gasteiger partial charge is 0.390 e. The molecular weight excluding hydrogens is 456 g/mol. The van der Waals surface area contributed by atoms with E-state index in [9.17, 15) is 5.11 Å². The molecule has 0 saturated carbocycles. The molecule has 4 aromatic heterocycles. The van der Waals surface area contributed by atoms with Crippen LogP contribution in [0.2, 0.25) is 0 Å². The van der Waals surface area contributed by atoms with E-state index in [-0.39, 0.29) is 6.61 Å². The van der Waals surface area contributed by atoms with Crippen LogP contribution in [0.15, 0.2) is 60.9 Å². The maximum atomic E-state index is 9.85. The number of hydrogen-bond donors (Lipinski definition) is 1. The fraction of sp³-hybridized carbons (Fsp3) is 0.269. The van der Waals surface area contributed by atoms with E-state index in [0.29, 0.717) is 44.5 Å². The van der Waals surface area contributed by atoms with Gasteiger partial charge in [0.2, 0.25) is 0 Å². The van der Waals surface area contributed by atoms with E-state index >= 15 is 0 Å². The summed E-state index contributed by atoms with van der Waals surface area (Å²) in [7, 11) is 0. The van der Waals surface area contributed by atoms with E-state index in [0.717, 1.165) is 39.6 Å². The van der Waals surface area contributed by atoms with Crippen LogP contribution in [0.4, 0.5) is 5.82 Å². The van der Waals surface area contributed by atoms with Crippen LogP contribution in [0.5, 0.6) is 0 Å². The van der Waals surface area contributed by atoms with Crippen molar-refractivity contribution < 1.29 is 9.84 Å². The maximum Gasteiger partial charge on any atom is 0.255 e. The van der Waals surface area contributed by atoms with Gasteiger partial charge in [-0.05, 0) is 25.1 Å². The van der Waals surface area contributed by atoms with Gasteiger partial charge in [-0.3, -0.25) is 4.98 Å². The first-order chi connectivity index (χ1) is 17.8. The highest BCUT2D eigenvalue weighted by Gasteiger charge is 2.25. The third-order valence-electron chi connectivity index (χ3n) is 6.31. The number of hydrogen-bond acceptors (Lipinski definition) is 8. The Morgan fingerprint density at radius 2 is 1.72 bits per heavy atom. The zero-order valence-corrected chi connectivity index (χ0v) is 19.9. The number of benzene rings is 1. The van der Waals surface area contributed by atoms with E-state index in [1.807, 2.05) is 48.5 Å². The summed E-state index contributed by atoms with van der Waals surface area (Å²) in [5.74, 6) is 2.00. The van der Waals surface area contributed by atoms with Crippen LogP contribution >= 0.6 is 0 Å². The number of anilines is 1. The first kappa shape index (κ1) is 22.3. The molecule has 0 spiro atoms. The Labute approximate surface area is 207 Å². The molecule has 1 aliphatic heterocycles. The number of aliphatic hydroxyl groups is 1. The van der Waals surface area contributed by atoms with Gasteiger partial charge >= 0.3 is 0 Å². The van der Waals surface area contributed by atoms with Crippen LogP contribution in [-0.4, -0.2) is 65.7 Å². The zero-order valence-electron chi connectivity index (χ0n) is 19.9. The van der Waals surface area contributed by atoms with Gasteiger partial charge in [-0.15, -0.1) is 0 Å². The Hall–Kier alpha value is -4.15. The quantitative estimate of drug-likeness (QED) is 0.394. The summed E-state index contributed by atoms with van der Waals surface area (Å²) >= 11 is 0. The number of pyridine rings is 1. The molecule has 10 nitrogen and oxygen atoms in total. The van der Waals surface area contributed by atoms with E-state index in [1.54, 1.807) is 17.1 Å². The Morgan fingerprint density at radius 1 is 0.944 bits per heavy atom. The fourth-order valence-electron chi connectivity index (χ4n) is 4.56. The van der Waals surface area contributed by atoms with Crippen LogP contribution in [0.3, 0.4) is 0 Å². The molecule has 1 aromatic carbocycles. The molecule has 10 heteroatoms. The molecule has 1 saturated heterocycles. The van der Waals surface area contributed by atoms with Crippen molar-refractivity contribution in [3.05, 3.63) is 66.6 Å². The number of imidazole rings is 1. The second-order valence-electron chi connectivity index (χ2n) is 8.49. The third-order valence-corrected chi connectivity index (χ3v) is 6.31. The molecule has 1 fully saturated rings. The van der Waals surface area contributed by atoms with Gasteiger partial charge in [0, 0.05) is 43.2 Å². The molecule has 1 N–H and O–H groups in total. The molecule has 0 unspecified atom stereocenters. The zero-order chi connectivity index (χ0) is 24.5. The predicted molar refractivity (Wildman–Crippen MR) is 136 cm³/mol. The number of aryl methyl sites for hydroxylation is 1. The monoisotopic (exact) mass is 482 g/mol. The molecule has 6 rings (SSSR count). The first-order valence-corrected chi connectivity index (χ1v) is 12.0. The van der Waals surface area contributed by atoms with Crippen molar-refractivity contribution in [3.63, 3.8) is 0 Å². The van der Waals surface area contributed by atoms with Gasteiger partial charge in [0.05, 0.1) is 31.2 Å². The fourth-order valence-corrected chi connectivity index (χ4v) is 4.56. The standard InChI is InChI=1S/C26H26N8O2/c1-2-33-23(19-8-10-27-11-9-19)28-22-24(32-12-14-36-15-13-32)29-26(30-25(22)33)34-21(16-20(17-35)31-34)18-6-4-3-5-7-18/h3-11,16,35H,2,12-15,17H2,1H3. The lowest BCUT2D eigenvalue weighted by Gasteiger charge is -2.28. The summed E-state index contributed by atoms with van der Waals surface area (Å²) < 4.78 is 9.41. The maximum absolute atomic E-state index is 9.85. The highest BCUT2D eigenvalue weighted by Crippen LogP contribution is 2.31. The second kappa shape index (κ2) is 9.48. The van der Waals surface area contributed by atoms with Crippen LogP contribution in [0.1, 0.15) is 12.6 Å². The van der Waals surface area contributed by atoms with Gasteiger partial charge in [-0.2, -0.15) is 19.7 Å². The minimum absolute atomic E-state index is 0.176. The van der Waals surface area contributed by atoms with Crippen molar-refractivity contribution in [1.29, 1.82) is 0 Å². The molecule has 36 heavy (non-hydrogen) atoms. The third kappa shape index (κ3) is 3.90. The van der Waals surface area contributed by atoms with E-state index in [4.69, 9.17) is 19.7 Å². The average Bonchev–Trinajstić information content (AvgIpc) is 3.56. The molecule has 0 bridgehead atoms. The summed E-state index contributed by atoms with van der Waals surface area (Å²) in [6.45, 7) is 5.25. The van der Waals surface area contributed by atoms with Gasteiger partial charge in [0.15, 0.2) is 17.0 Å². The molecule has 0 radical (unpaired) electrons. The molecule has 1 aliphatic rings. The van der Waals surface area contributed by atoms with Crippen LogP contribution in [-0.2, 0) is 17.9 Å². The van der Waals surface area contributed by atoms with E-state index in [1.165, 1.54) is 0 Å². The van der Waals surface area contributed by atoms with Crippen LogP contribution in [0.25, 0.3) is 39.8 Å². The molecule has 182 valence electrons. The lowest BCUT2D eigenvalue weighted by atomic mass is 10.1. The Kier molecular flexibility index (Phi) is 5.88. The van der Waals surface area contributed by atoms with Gasteiger partial charge in [0.1, 0.15) is 5.82 Å². The molecule has 0 amide bonds. The Bertz CT molecular complexity index is 1490. The van der Waals surface area contributed by atoms with Gasteiger partial charge < -0.3 is 19.3 Å². The smallest absolute Gasteiger partial charge is 0.255 e. The van der Waals surface area contributed by atoms with E-state index < -0.39 is 0 Å². The lowest BCUT2D eigenvalue weighted by Crippen LogP contribution is -2.37. The minimum atomic E-state index is -0.176. The number of rotatable bonds is 6. The minimum Gasteiger partial charge on any atom is -0.390 e. The van der Waals surface area contributed by atoms with Crippen LogP contribution in [0, 0.1) is 0 Å². The van der Waals surface area contributed by atoms with Crippen molar-refractivity contribution >= 4 is 17.0 Å². The summed E-state index contributed by atoms with van der Waals surface area (Å²) in [5.41, 5.74) is 4.76. The normalized spacial score (nSPS) is 14.0. The van der Waals surface area contributed by atoms with Gasteiger partial charge in [-0.25, -0.2) is 4.98 Å². The SMILES string of the molecule is CCn1c(-c2ccncc2)nc2c(N3CCOCC3)nc(-n3nc(CO)cc3-c3ccccc3)nc21. The summed E-state index contributed by atoms with van der Waals surface area (Å²) in [6.07, 6.45) is 3.53. The van der Waals surface area contributed by atoms with Crippen molar-refractivity contribution in [2.45, 2.75) is 20.1 Å². The average molecular weight is 483 g/mol. The second-order valence-corrected chi connectivity index (χ2v) is 8.49. The Balaban J connectivity index is 1.61. The molecule has 5 heterocycles. The summed E-state index contributed by atoms with van der Waals surface area (Å²) in [4.78, 5) is 21.4. The van der Waals surface area contributed by atoms with Gasteiger partial charge in [-0.1, -0.05) is 30.3 Å². The van der Waals surface area contributed by atoms with Crippen molar-refractivity contribution in [1.82, 2.24) is 34.3 Å². The number of aliphatic hydroxyl groups excluding tert-OH is 1. The molecular formula is C26H26N8O2. The van der Waals surface area contributed by atoms with Gasteiger partial charge in [0.25, 0.3) is 5.95 Å². The number of fused-ring (bicyclic) bond motifs is 1. The first-order valence-electron chi connectivity index (χ1n) is 12.0. The van der Waals surface area contributed by atoms with Crippen LogP contribution < -0.4 is 4.90 Å². The number of morpholine rings is 1. The molecule has 0 aliphatic carbocycles. The molecule has 0 atom stereocenters. The Morgan fingerprint density at radius 3 is 2.44 bits per heavy atom. The highest BCUT2D eigenvalue weighted by atomic mass is 16.5.